The van der Waals surface area contributed by atoms with Crippen LogP contribution in [0.4, 0.5) is 5.69 Å². The van der Waals surface area contributed by atoms with Crippen LogP contribution in [0.15, 0.2) is 42.7 Å². The number of aryl methyl sites for hydroxylation is 1. The Labute approximate surface area is 192 Å². The summed E-state index contributed by atoms with van der Waals surface area (Å²) in [5.74, 6) is 0.719. The maximum atomic E-state index is 13.3. The van der Waals surface area contributed by atoms with Gasteiger partial charge in [-0.2, -0.15) is 5.10 Å². The van der Waals surface area contributed by atoms with Crippen LogP contribution in [0.5, 0.6) is 5.75 Å². The number of rotatable bonds is 6. The first-order valence-electron chi connectivity index (χ1n) is 11.0. The molecule has 0 unspecified atom stereocenters. The Balaban J connectivity index is 1.55. The summed E-state index contributed by atoms with van der Waals surface area (Å²) in [6, 6.07) is 8.79. The summed E-state index contributed by atoms with van der Waals surface area (Å²) in [7, 11) is 1.55. The minimum Gasteiger partial charge on any atom is -0.495 e. The van der Waals surface area contributed by atoms with E-state index in [4.69, 9.17) is 4.74 Å². The van der Waals surface area contributed by atoms with Crippen LogP contribution in [-0.2, 0) is 0 Å². The number of nitrogens with zero attached hydrogens (tertiary/aromatic N) is 5. The standard InChI is InChI=1S/C24H28N6O3/c1-15(2)30-20(11-12-26-30)24(32)29-13-7-9-19(29)22-25-14-17(16(3)27-22)23(31)28-18-8-5-6-10-21(18)33-4/h5-6,8,10-12,14-15,19H,7,9,13H2,1-4H3,(H,28,31)/t19-/m0/s1. The Morgan fingerprint density at radius 1 is 1.21 bits per heavy atom. The first-order chi connectivity index (χ1) is 15.9. The van der Waals surface area contributed by atoms with E-state index in [1.165, 1.54) is 6.20 Å². The van der Waals surface area contributed by atoms with Crippen LogP contribution < -0.4 is 10.1 Å². The predicted molar refractivity (Wildman–Crippen MR) is 123 cm³/mol. The summed E-state index contributed by atoms with van der Waals surface area (Å²) in [5.41, 5.74) is 2.06. The van der Waals surface area contributed by atoms with Crippen molar-refractivity contribution in [2.75, 3.05) is 19.0 Å². The number of hydrogen-bond acceptors (Lipinski definition) is 6. The van der Waals surface area contributed by atoms with Crippen molar-refractivity contribution in [2.24, 2.45) is 0 Å². The number of nitrogens with one attached hydrogen (secondary N) is 1. The van der Waals surface area contributed by atoms with E-state index >= 15 is 0 Å². The normalized spacial score (nSPS) is 15.7. The highest BCUT2D eigenvalue weighted by Crippen LogP contribution is 2.32. The molecule has 3 aromatic rings. The molecule has 9 heteroatoms. The van der Waals surface area contributed by atoms with Crippen molar-refractivity contribution in [3.05, 3.63) is 65.5 Å². The van der Waals surface area contributed by atoms with Gasteiger partial charge in [-0.05, 0) is 51.8 Å². The number of hydrogen-bond donors (Lipinski definition) is 1. The van der Waals surface area contributed by atoms with Gasteiger partial charge in [-0.25, -0.2) is 9.97 Å². The molecule has 172 valence electrons. The molecule has 1 saturated heterocycles. The van der Waals surface area contributed by atoms with Gasteiger partial charge in [0.15, 0.2) is 5.82 Å². The Morgan fingerprint density at radius 2 is 2.00 bits per heavy atom. The molecule has 0 bridgehead atoms. The Morgan fingerprint density at radius 3 is 2.73 bits per heavy atom. The largest absolute Gasteiger partial charge is 0.495 e. The van der Waals surface area contributed by atoms with E-state index in [-0.39, 0.29) is 23.9 Å². The fraction of sp³-hybridized carbons (Fsp3) is 0.375. The SMILES string of the molecule is COc1ccccc1NC(=O)c1cnc([C@@H]2CCCN2C(=O)c2ccnn2C(C)C)nc1C. The van der Waals surface area contributed by atoms with E-state index in [9.17, 15) is 9.59 Å². The van der Waals surface area contributed by atoms with Crippen LogP contribution >= 0.6 is 0 Å². The highest BCUT2D eigenvalue weighted by atomic mass is 16.5. The van der Waals surface area contributed by atoms with Gasteiger partial charge in [0.05, 0.1) is 30.1 Å². The molecule has 1 aliphatic heterocycles. The second kappa shape index (κ2) is 9.40. The fourth-order valence-corrected chi connectivity index (χ4v) is 4.13. The second-order valence-corrected chi connectivity index (χ2v) is 8.29. The number of methoxy groups -OCH3 is 1. The lowest BCUT2D eigenvalue weighted by Gasteiger charge is -2.24. The van der Waals surface area contributed by atoms with Gasteiger partial charge in [0.25, 0.3) is 11.8 Å². The summed E-state index contributed by atoms with van der Waals surface area (Å²) < 4.78 is 7.03. The molecule has 3 heterocycles. The minimum atomic E-state index is -0.316. The van der Waals surface area contributed by atoms with Gasteiger partial charge in [-0.15, -0.1) is 0 Å². The first kappa shape index (κ1) is 22.4. The van der Waals surface area contributed by atoms with Crippen molar-refractivity contribution >= 4 is 17.5 Å². The summed E-state index contributed by atoms with van der Waals surface area (Å²) in [6.45, 7) is 6.39. The van der Waals surface area contributed by atoms with Gasteiger partial charge in [-0.1, -0.05) is 12.1 Å². The van der Waals surface area contributed by atoms with Crippen LogP contribution in [0, 0.1) is 6.92 Å². The van der Waals surface area contributed by atoms with Crippen molar-refractivity contribution in [3.8, 4) is 5.75 Å². The van der Waals surface area contributed by atoms with Gasteiger partial charge in [0, 0.05) is 25.0 Å². The van der Waals surface area contributed by atoms with Crippen molar-refractivity contribution in [3.63, 3.8) is 0 Å². The Kier molecular flexibility index (Phi) is 6.39. The summed E-state index contributed by atoms with van der Waals surface area (Å²) in [6.07, 6.45) is 4.81. The van der Waals surface area contributed by atoms with Gasteiger partial charge in [0.2, 0.25) is 0 Å². The zero-order valence-corrected chi connectivity index (χ0v) is 19.3. The van der Waals surface area contributed by atoms with Crippen LogP contribution in [0.25, 0.3) is 0 Å². The van der Waals surface area contributed by atoms with Gasteiger partial charge in [-0.3, -0.25) is 14.3 Å². The number of benzene rings is 1. The van der Waals surface area contributed by atoms with Gasteiger partial charge < -0.3 is 15.0 Å². The number of amides is 2. The Hall–Kier alpha value is -3.75. The fourth-order valence-electron chi connectivity index (χ4n) is 4.13. The van der Waals surface area contributed by atoms with Gasteiger partial charge in [0.1, 0.15) is 11.4 Å². The number of likely N-dealkylation sites (tertiary alicyclic amines) is 1. The summed E-state index contributed by atoms with van der Waals surface area (Å²) in [5, 5.41) is 7.13. The molecule has 4 rings (SSSR count). The molecule has 1 aliphatic rings. The molecule has 1 aromatic carbocycles. The molecule has 33 heavy (non-hydrogen) atoms. The van der Waals surface area contributed by atoms with Crippen LogP contribution in [-0.4, -0.2) is 50.1 Å². The Bertz CT molecular complexity index is 1170. The molecule has 0 saturated carbocycles. The van der Waals surface area contributed by atoms with E-state index in [0.29, 0.717) is 40.8 Å². The molecule has 9 nitrogen and oxygen atoms in total. The lowest BCUT2D eigenvalue weighted by atomic mass is 10.1. The number of ether oxygens (including phenoxy) is 1. The third kappa shape index (κ3) is 4.44. The average Bonchev–Trinajstić information content (AvgIpc) is 3.49. The van der Waals surface area contributed by atoms with Crippen molar-refractivity contribution < 1.29 is 14.3 Å². The third-order valence-corrected chi connectivity index (χ3v) is 5.79. The van der Waals surface area contributed by atoms with E-state index < -0.39 is 0 Å². The zero-order chi connectivity index (χ0) is 23.5. The molecule has 1 atom stereocenters. The number of para-hydroxylation sites is 2. The first-order valence-corrected chi connectivity index (χ1v) is 11.0. The molecule has 1 N–H and O–H groups in total. The number of carbonyl (C=O) groups excluding carboxylic acids is 2. The minimum absolute atomic E-state index is 0.0806. The highest BCUT2D eigenvalue weighted by Gasteiger charge is 2.34. The lowest BCUT2D eigenvalue weighted by Crippen LogP contribution is -2.33. The van der Waals surface area contributed by atoms with Crippen LogP contribution in [0.3, 0.4) is 0 Å². The molecule has 1 fully saturated rings. The van der Waals surface area contributed by atoms with Crippen LogP contribution in [0.1, 0.15) is 71.1 Å². The van der Waals surface area contributed by atoms with E-state index in [2.05, 4.69) is 20.4 Å². The predicted octanol–water partition coefficient (Wildman–Crippen LogP) is 3.80. The maximum Gasteiger partial charge on any atom is 0.272 e. The van der Waals surface area contributed by atoms with E-state index in [1.807, 2.05) is 26.0 Å². The lowest BCUT2D eigenvalue weighted by molar-refractivity contribution is 0.0714. The highest BCUT2D eigenvalue weighted by molar-refractivity contribution is 6.05. The van der Waals surface area contributed by atoms with E-state index in [1.54, 1.807) is 48.0 Å². The number of carbonyl (C=O) groups is 2. The molecular weight excluding hydrogens is 420 g/mol. The average molecular weight is 449 g/mol. The molecular formula is C24H28N6O3. The van der Waals surface area contributed by atoms with Crippen molar-refractivity contribution in [2.45, 2.75) is 45.7 Å². The topological polar surface area (TPSA) is 102 Å². The monoisotopic (exact) mass is 448 g/mol. The van der Waals surface area contributed by atoms with Gasteiger partial charge >= 0.3 is 0 Å². The summed E-state index contributed by atoms with van der Waals surface area (Å²) >= 11 is 0. The number of anilines is 1. The molecule has 0 spiro atoms. The quantitative estimate of drug-likeness (QED) is 0.615. The van der Waals surface area contributed by atoms with E-state index in [0.717, 1.165) is 12.8 Å². The third-order valence-electron chi connectivity index (χ3n) is 5.79. The zero-order valence-electron chi connectivity index (χ0n) is 19.3. The maximum absolute atomic E-state index is 13.3. The molecule has 0 radical (unpaired) electrons. The molecule has 0 aliphatic carbocycles. The molecule has 2 aromatic heterocycles. The molecule has 2 amide bonds. The van der Waals surface area contributed by atoms with Crippen LogP contribution in [0.2, 0.25) is 0 Å². The smallest absolute Gasteiger partial charge is 0.272 e. The summed E-state index contributed by atoms with van der Waals surface area (Å²) in [4.78, 5) is 37.0. The number of aromatic nitrogens is 4. The second-order valence-electron chi connectivity index (χ2n) is 8.29. The van der Waals surface area contributed by atoms with Crippen molar-refractivity contribution in [1.29, 1.82) is 0 Å². The van der Waals surface area contributed by atoms with Crippen molar-refractivity contribution in [1.82, 2.24) is 24.6 Å².